The highest BCUT2D eigenvalue weighted by molar-refractivity contribution is 5.56. The predicted octanol–water partition coefficient (Wildman–Crippen LogP) is 2.40. The SMILES string of the molecule is COc1cc(COCc2ccccc2)c(N)c(OC)n1. The van der Waals surface area contributed by atoms with Gasteiger partial charge in [0.2, 0.25) is 11.8 Å². The number of hydrogen-bond acceptors (Lipinski definition) is 5. The van der Waals surface area contributed by atoms with Crippen LogP contribution in [0, 0.1) is 0 Å². The Hall–Kier alpha value is -2.27. The van der Waals surface area contributed by atoms with Crippen LogP contribution in [0.3, 0.4) is 0 Å². The molecule has 2 N–H and O–H groups in total. The standard InChI is InChI=1S/C15H18N2O3/c1-18-13-8-12(14(16)15(17-13)19-2)10-20-9-11-6-4-3-5-7-11/h3-8H,9-10,16H2,1-2H3. The quantitative estimate of drug-likeness (QED) is 0.876. The zero-order valence-corrected chi connectivity index (χ0v) is 11.6. The van der Waals surface area contributed by atoms with Crippen LogP contribution in [0.2, 0.25) is 0 Å². The van der Waals surface area contributed by atoms with E-state index in [1.165, 1.54) is 7.11 Å². The number of pyridine rings is 1. The number of ether oxygens (including phenoxy) is 3. The van der Waals surface area contributed by atoms with Crippen LogP contribution >= 0.6 is 0 Å². The van der Waals surface area contributed by atoms with E-state index in [1.54, 1.807) is 13.2 Å². The number of nitrogen functional groups attached to an aromatic ring is 1. The predicted molar refractivity (Wildman–Crippen MR) is 76.7 cm³/mol. The summed E-state index contributed by atoms with van der Waals surface area (Å²) in [6, 6.07) is 11.7. The average molecular weight is 274 g/mol. The summed E-state index contributed by atoms with van der Waals surface area (Å²) in [7, 11) is 3.07. The monoisotopic (exact) mass is 274 g/mol. The lowest BCUT2D eigenvalue weighted by Gasteiger charge is -2.12. The summed E-state index contributed by atoms with van der Waals surface area (Å²) in [4.78, 5) is 4.11. The lowest BCUT2D eigenvalue weighted by molar-refractivity contribution is 0.107. The van der Waals surface area contributed by atoms with Crippen LogP contribution < -0.4 is 15.2 Å². The zero-order valence-electron chi connectivity index (χ0n) is 11.6. The van der Waals surface area contributed by atoms with E-state index in [2.05, 4.69) is 4.98 Å². The summed E-state index contributed by atoms with van der Waals surface area (Å²) < 4.78 is 15.9. The number of aromatic nitrogens is 1. The van der Waals surface area contributed by atoms with Gasteiger partial charge in [0.25, 0.3) is 0 Å². The number of methoxy groups -OCH3 is 2. The van der Waals surface area contributed by atoms with Crippen molar-refractivity contribution >= 4 is 5.69 Å². The number of hydrogen-bond donors (Lipinski definition) is 1. The van der Waals surface area contributed by atoms with E-state index >= 15 is 0 Å². The zero-order chi connectivity index (χ0) is 14.4. The smallest absolute Gasteiger partial charge is 0.240 e. The molecule has 2 rings (SSSR count). The fourth-order valence-corrected chi connectivity index (χ4v) is 1.79. The molecule has 5 nitrogen and oxygen atoms in total. The lowest BCUT2D eigenvalue weighted by atomic mass is 10.2. The van der Waals surface area contributed by atoms with Gasteiger partial charge in [-0.25, -0.2) is 0 Å². The number of benzene rings is 1. The Bertz CT molecular complexity index is 559. The van der Waals surface area contributed by atoms with Crippen molar-refractivity contribution in [2.45, 2.75) is 13.2 Å². The molecule has 0 saturated heterocycles. The number of nitrogens with zero attached hydrogens (tertiary/aromatic N) is 1. The molecule has 0 aliphatic carbocycles. The summed E-state index contributed by atoms with van der Waals surface area (Å²) in [6.07, 6.45) is 0. The maximum Gasteiger partial charge on any atom is 0.240 e. The second-order valence-electron chi connectivity index (χ2n) is 4.23. The molecule has 2 aromatic rings. The normalized spacial score (nSPS) is 10.3. The van der Waals surface area contributed by atoms with Crippen molar-refractivity contribution in [2.24, 2.45) is 0 Å². The van der Waals surface area contributed by atoms with Crippen molar-refractivity contribution in [2.75, 3.05) is 20.0 Å². The Labute approximate surface area is 118 Å². The van der Waals surface area contributed by atoms with Crippen LogP contribution in [0.25, 0.3) is 0 Å². The molecule has 0 unspecified atom stereocenters. The van der Waals surface area contributed by atoms with Crippen molar-refractivity contribution in [3.63, 3.8) is 0 Å². The first kappa shape index (κ1) is 14.1. The van der Waals surface area contributed by atoms with Crippen LogP contribution in [0.15, 0.2) is 36.4 Å². The van der Waals surface area contributed by atoms with Crippen LogP contribution in [-0.2, 0) is 18.0 Å². The lowest BCUT2D eigenvalue weighted by Crippen LogP contribution is -2.04. The molecule has 0 spiro atoms. The fraction of sp³-hybridized carbons (Fsp3) is 0.267. The highest BCUT2D eigenvalue weighted by atomic mass is 16.5. The Morgan fingerprint density at radius 3 is 2.45 bits per heavy atom. The van der Waals surface area contributed by atoms with Gasteiger partial charge in [0.15, 0.2) is 0 Å². The van der Waals surface area contributed by atoms with Gasteiger partial charge in [-0.3, -0.25) is 0 Å². The first-order valence-corrected chi connectivity index (χ1v) is 6.23. The average Bonchev–Trinajstić information content (AvgIpc) is 2.50. The van der Waals surface area contributed by atoms with Crippen LogP contribution in [0.4, 0.5) is 5.69 Å². The van der Waals surface area contributed by atoms with Gasteiger partial charge < -0.3 is 19.9 Å². The molecule has 0 aliphatic rings. The molecule has 0 atom stereocenters. The molecule has 1 aromatic carbocycles. The molecule has 0 bridgehead atoms. The van der Waals surface area contributed by atoms with Gasteiger partial charge in [-0.15, -0.1) is 0 Å². The molecule has 0 fully saturated rings. The third-order valence-electron chi connectivity index (χ3n) is 2.86. The van der Waals surface area contributed by atoms with E-state index in [1.807, 2.05) is 30.3 Å². The van der Waals surface area contributed by atoms with Crippen molar-refractivity contribution < 1.29 is 14.2 Å². The summed E-state index contributed by atoms with van der Waals surface area (Å²) in [6.45, 7) is 0.892. The number of anilines is 1. The minimum absolute atomic E-state index is 0.350. The van der Waals surface area contributed by atoms with Crippen LogP contribution in [-0.4, -0.2) is 19.2 Å². The van der Waals surface area contributed by atoms with E-state index in [4.69, 9.17) is 19.9 Å². The summed E-state index contributed by atoms with van der Waals surface area (Å²) >= 11 is 0. The van der Waals surface area contributed by atoms with Gasteiger partial charge in [0.1, 0.15) is 5.69 Å². The van der Waals surface area contributed by atoms with Crippen molar-refractivity contribution in [1.82, 2.24) is 4.98 Å². The Kier molecular flexibility index (Phi) is 4.79. The summed E-state index contributed by atoms with van der Waals surface area (Å²) in [5.74, 6) is 0.803. The van der Waals surface area contributed by atoms with Gasteiger partial charge in [-0.05, 0) is 5.56 Å². The van der Waals surface area contributed by atoms with Crippen LogP contribution in [0.1, 0.15) is 11.1 Å². The van der Waals surface area contributed by atoms with Crippen molar-refractivity contribution in [3.05, 3.63) is 47.5 Å². The third-order valence-corrected chi connectivity index (χ3v) is 2.86. The van der Waals surface area contributed by atoms with E-state index in [0.717, 1.165) is 11.1 Å². The van der Waals surface area contributed by atoms with E-state index in [9.17, 15) is 0 Å². The first-order chi connectivity index (χ1) is 9.74. The molecule has 1 aromatic heterocycles. The highest BCUT2D eigenvalue weighted by Crippen LogP contribution is 2.27. The molecular weight excluding hydrogens is 256 g/mol. The third kappa shape index (κ3) is 3.39. The van der Waals surface area contributed by atoms with Gasteiger partial charge in [0.05, 0.1) is 27.4 Å². The van der Waals surface area contributed by atoms with Gasteiger partial charge >= 0.3 is 0 Å². The molecule has 0 saturated carbocycles. The molecular formula is C15H18N2O3. The maximum atomic E-state index is 5.97. The summed E-state index contributed by atoms with van der Waals surface area (Å²) in [5, 5.41) is 0. The second kappa shape index (κ2) is 6.77. The highest BCUT2D eigenvalue weighted by Gasteiger charge is 2.11. The van der Waals surface area contributed by atoms with Gasteiger partial charge in [-0.2, -0.15) is 4.98 Å². The first-order valence-electron chi connectivity index (χ1n) is 6.23. The molecule has 0 amide bonds. The number of nitrogens with two attached hydrogens (primary N) is 1. The molecule has 5 heteroatoms. The van der Waals surface area contributed by atoms with Crippen molar-refractivity contribution in [1.29, 1.82) is 0 Å². The Morgan fingerprint density at radius 2 is 1.80 bits per heavy atom. The molecule has 106 valence electrons. The molecule has 0 radical (unpaired) electrons. The Morgan fingerprint density at radius 1 is 1.05 bits per heavy atom. The number of rotatable bonds is 6. The second-order valence-corrected chi connectivity index (χ2v) is 4.23. The minimum Gasteiger partial charge on any atom is -0.481 e. The van der Waals surface area contributed by atoms with Gasteiger partial charge in [-0.1, -0.05) is 30.3 Å². The van der Waals surface area contributed by atoms with Gasteiger partial charge in [0, 0.05) is 11.6 Å². The summed E-state index contributed by atoms with van der Waals surface area (Å²) in [5.41, 5.74) is 8.35. The molecule has 0 aliphatic heterocycles. The molecule has 1 heterocycles. The molecule has 20 heavy (non-hydrogen) atoms. The van der Waals surface area contributed by atoms with Crippen molar-refractivity contribution in [3.8, 4) is 11.8 Å². The fourth-order valence-electron chi connectivity index (χ4n) is 1.79. The topological polar surface area (TPSA) is 66.6 Å². The Balaban J connectivity index is 2.05. The minimum atomic E-state index is 0.350. The van der Waals surface area contributed by atoms with Crippen LogP contribution in [0.5, 0.6) is 11.8 Å². The van der Waals surface area contributed by atoms with E-state index in [-0.39, 0.29) is 0 Å². The maximum absolute atomic E-state index is 5.97. The van der Waals surface area contributed by atoms with E-state index in [0.29, 0.717) is 30.7 Å². The van der Waals surface area contributed by atoms with E-state index < -0.39 is 0 Å². The largest absolute Gasteiger partial charge is 0.481 e.